The third-order valence-electron chi connectivity index (χ3n) is 5.85. The normalized spacial score (nSPS) is 27.7. The van der Waals surface area contributed by atoms with Gasteiger partial charge in [-0.2, -0.15) is 11.8 Å². The summed E-state index contributed by atoms with van der Waals surface area (Å²) in [5.74, 6) is 3.96. The van der Waals surface area contributed by atoms with Crippen LogP contribution in [0.1, 0.15) is 60.9 Å². The first-order chi connectivity index (χ1) is 12.7. The predicted molar refractivity (Wildman–Crippen MR) is 114 cm³/mol. The van der Waals surface area contributed by atoms with Gasteiger partial charge in [0.2, 0.25) is 5.90 Å². The smallest absolute Gasteiger partial charge is 0.221 e. The van der Waals surface area contributed by atoms with E-state index >= 15 is 0 Å². The molecule has 2 heterocycles. The minimum atomic E-state index is 0.274. The number of hydrogen-bond acceptors (Lipinski definition) is 6. The van der Waals surface area contributed by atoms with Gasteiger partial charge in [0.25, 0.3) is 0 Å². The van der Waals surface area contributed by atoms with E-state index in [4.69, 9.17) is 17.7 Å². The molecule has 1 aromatic heterocycles. The number of aliphatic imine (C=N–C) groups is 1. The van der Waals surface area contributed by atoms with Gasteiger partial charge in [0.15, 0.2) is 7.98 Å². The Kier molecular flexibility index (Phi) is 5.86. The summed E-state index contributed by atoms with van der Waals surface area (Å²) in [6.07, 6.45) is 7.11. The van der Waals surface area contributed by atoms with Gasteiger partial charge in [-0.1, -0.05) is 6.92 Å². The standard InChI is InChI=1S/C19H28BN3OS2/c1-3-25-10-12-4-9-15-16(12)17-18(21-11-22-19(17)26-15)24-14-7-5-13(6-8-14)23(2)20/h12-14,22H,3-11H2,1-2H3. The number of aryl methyl sites for hydroxylation is 1. The molecule has 1 atom stereocenters. The van der Waals surface area contributed by atoms with Gasteiger partial charge < -0.3 is 14.9 Å². The summed E-state index contributed by atoms with van der Waals surface area (Å²) in [5, 5.41) is 4.76. The molecule has 4 nitrogen and oxygen atoms in total. The highest BCUT2D eigenvalue weighted by molar-refractivity contribution is 7.99. The maximum Gasteiger partial charge on any atom is 0.221 e. The van der Waals surface area contributed by atoms with Crippen molar-refractivity contribution in [1.82, 2.24) is 4.81 Å². The fraction of sp³-hybridized carbons (Fsp3) is 0.737. The summed E-state index contributed by atoms with van der Waals surface area (Å²) in [7, 11) is 7.89. The lowest BCUT2D eigenvalue weighted by molar-refractivity contribution is 0.116. The van der Waals surface area contributed by atoms with Gasteiger partial charge in [-0.3, -0.25) is 0 Å². The monoisotopic (exact) mass is 389 g/mol. The van der Waals surface area contributed by atoms with Crippen LogP contribution in [-0.4, -0.2) is 56.1 Å². The third kappa shape index (κ3) is 3.67. The van der Waals surface area contributed by atoms with Crippen molar-refractivity contribution in [2.24, 2.45) is 4.99 Å². The predicted octanol–water partition coefficient (Wildman–Crippen LogP) is 4.00. The molecular formula is C19H28BN3OS2. The summed E-state index contributed by atoms with van der Waals surface area (Å²) in [4.78, 5) is 8.14. The first kappa shape index (κ1) is 18.7. The Morgan fingerprint density at radius 1 is 1.31 bits per heavy atom. The van der Waals surface area contributed by atoms with Crippen LogP contribution in [0.5, 0.6) is 0 Å². The molecule has 1 saturated carbocycles. The molecule has 2 radical (unpaired) electrons. The molecule has 2 aliphatic carbocycles. The number of thioether (sulfide) groups is 1. The summed E-state index contributed by atoms with van der Waals surface area (Å²) < 4.78 is 6.47. The van der Waals surface area contributed by atoms with E-state index in [1.165, 1.54) is 40.5 Å². The average molecular weight is 389 g/mol. The Morgan fingerprint density at radius 3 is 2.85 bits per heavy atom. The molecule has 4 rings (SSSR count). The van der Waals surface area contributed by atoms with E-state index < -0.39 is 0 Å². The fourth-order valence-corrected chi connectivity index (χ4v) is 6.54. The number of fused-ring (bicyclic) bond motifs is 3. The average Bonchev–Trinajstić information content (AvgIpc) is 3.20. The van der Waals surface area contributed by atoms with Gasteiger partial charge in [-0.15, -0.1) is 11.3 Å². The van der Waals surface area contributed by atoms with Gasteiger partial charge in [0, 0.05) is 10.6 Å². The maximum absolute atomic E-state index is 6.47. The second-order valence-electron chi connectivity index (χ2n) is 7.55. The molecule has 0 amide bonds. The van der Waals surface area contributed by atoms with E-state index in [2.05, 4.69) is 12.2 Å². The number of nitrogens with one attached hydrogen (secondary N) is 1. The van der Waals surface area contributed by atoms with Gasteiger partial charge in [-0.05, 0) is 68.8 Å². The minimum absolute atomic E-state index is 0.274. The second kappa shape index (κ2) is 8.15. The molecule has 1 aromatic rings. The van der Waals surface area contributed by atoms with Crippen LogP contribution >= 0.6 is 23.1 Å². The van der Waals surface area contributed by atoms with Gasteiger partial charge >= 0.3 is 0 Å². The van der Waals surface area contributed by atoms with Crippen molar-refractivity contribution in [2.45, 2.75) is 63.5 Å². The Bertz CT molecular complexity index is 668. The molecule has 0 bridgehead atoms. The van der Waals surface area contributed by atoms with E-state index in [0.29, 0.717) is 18.6 Å². The van der Waals surface area contributed by atoms with E-state index in [9.17, 15) is 0 Å². The molecule has 26 heavy (non-hydrogen) atoms. The lowest BCUT2D eigenvalue weighted by Crippen LogP contribution is -2.36. The number of ether oxygens (including phenoxy) is 1. The second-order valence-corrected chi connectivity index (χ2v) is 9.97. The van der Waals surface area contributed by atoms with Crippen LogP contribution in [0.2, 0.25) is 0 Å². The van der Waals surface area contributed by atoms with Crippen molar-refractivity contribution >= 4 is 42.0 Å². The topological polar surface area (TPSA) is 36.9 Å². The van der Waals surface area contributed by atoms with E-state index in [0.717, 1.165) is 31.6 Å². The maximum atomic E-state index is 6.47. The largest absolute Gasteiger partial charge is 0.474 e. The SMILES string of the molecule is [B]N(C)C1CCC(OC2=NCNc3sc4c(c32)C(CSCC)CC4)CC1. The molecule has 0 aromatic carbocycles. The quantitative estimate of drug-likeness (QED) is 0.773. The van der Waals surface area contributed by atoms with Crippen molar-refractivity contribution in [3.8, 4) is 0 Å². The van der Waals surface area contributed by atoms with E-state index in [1.54, 1.807) is 4.88 Å². The summed E-state index contributed by atoms with van der Waals surface area (Å²) >= 11 is 3.98. The van der Waals surface area contributed by atoms with Crippen LogP contribution in [0.4, 0.5) is 5.00 Å². The Hall–Kier alpha value is -0.655. The molecule has 7 heteroatoms. The van der Waals surface area contributed by atoms with Crippen molar-refractivity contribution in [2.75, 3.05) is 30.5 Å². The molecule has 1 aliphatic heterocycles. The first-order valence-electron chi connectivity index (χ1n) is 9.83. The Morgan fingerprint density at radius 2 is 2.12 bits per heavy atom. The van der Waals surface area contributed by atoms with Gasteiger partial charge in [0.1, 0.15) is 17.8 Å². The number of hydrogen-bond donors (Lipinski definition) is 1. The van der Waals surface area contributed by atoms with Crippen LogP contribution in [0.15, 0.2) is 4.99 Å². The van der Waals surface area contributed by atoms with Gasteiger partial charge in [0.05, 0.1) is 5.56 Å². The van der Waals surface area contributed by atoms with Crippen molar-refractivity contribution in [1.29, 1.82) is 0 Å². The van der Waals surface area contributed by atoms with E-state index in [1.807, 2.05) is 35.0 Å². The van der Waals surface area contributed by atoms with Crippen LogP contribution in [0.3, 0.4) is 0 Å². The number of rotatable bonds is 5. The molecular weight excluding hydrogens is 361 g/mol. The Labute approximate surface area is 166 Å². The van der Waals surface area contributed by atoms with Crippen LogP contribution in [0.25, 0.3) is 0 Å². The molecule has 140 valence electrons. The van der Waals surface area contributed by atoms with Crippen molar-refractivity contribution in [3.63, 3.8) is 0 Å². The van der Waals surface area contributed by atoms with Crippen LogP contribution in [-0.2, 0) is 11.2 Å². The number of thiophene rings is 1. The highest BCUT2D eigenvalue weighted by Gasteiger charge is 2.35. The Balaban J connectivity index is 1.49. The van der Waals surface area contributed by atoms with E-state index in [-0.39, 0.29) is 6.10 Å². The lowest BCUT2D eigenvalue weighted by Gasteiger charge is -2.34. The van der Waals surface area contributed by atoms with Crippen molar-refractivity contribution in [3.05, 3.63) is 16.0 Å². The highest BCUT2D eigenvalue weighted by atomic mass is 32.2. The van der Waals surface area contributed by atoms with Crippen LogP contribution in [0, 0.1) is 0 Å². The molecule has 1 fully saturated rings. The number of nitrogens with zero attached hydrogens (tertiary/aromatic N) is 2. The van der Waals surface area contributed by atoms with Crippen LogP contribution < -0.4 is 5.32 Å². The number of anilines is 1. The molecule has 0 saturated heterocycles. The molecule has 1 N–H and O–H groups in total. The molecule has 3 aliphatic rings. The summed E-state index contributed by atoms with van der Waals surface area (Å²) in [5.41, 5.74) is 2.82. The van der Waals surface area contributed by atoms with Gasteiger partial charge in [-0.25, -0.2) is 4.99 Å². The zero-order valence-electron chi connectivity index (χ0n) is 15.8. The zero-order chi connectivity index (χ0) is 18.1. The fourth-order valence-electron chi connectivity index (χ4n) is 4.41. The highest BCUT2D eigenvalue weighted by Crippen LogP contribution is 2.47. The summed E-state index contributed by atoms with van der Waals surface area (Å²) in [6.45, 7) is 2.88. The lowest BCUT2D eigenvalue weighted by atomic mass is 9.90. The third-order valence-corrected chi connectivity index (χ3v) is 8.12. The first-order valence-corrected chi connectivity index (χ1v) is 11.8. The van der Waals surface area contributed by atoms with Crippen molar-refractivity contribution < 1.29 is 4.74 Å². The molecule has 1 unspecified atom stereocenters. The minimum Gasteiger partial charge on any atom is -0.474 e. The summed E-state index contributed by atoms with van der Waals surface area (Å²) in [6, 6.07) is 0.487. The zero-order valence-corrected chi connectivity index (χ0v) is 17.4. The molecule has 0 spiro atoms.